The van der Waals surface area contributed by atoms with Gasteiger partial charge in [-0.2, -0.15) is 0 Å². The predicted octanol–water partition coefficient (Wildman–Crippen LogP) is 8.13. The van der Waals surface area contributed by atoms with Gasteiger partial charge in [-0.3, -0.25) is 19.4 Å². The summed E-state index contributed by atoms with van der Waals surface area (Å²) in [6.07, 6.45) is 2.57. The number of fused-ring (bicyclic) bond motifs is 2. The molecule has 0 fully saturated rings. The van der Waals surface area contributed by atoms with Gasteiger partial charge in [0.15, 0.2) is 0 Å². The Kier molecular flexibility index (Phi) is 13.9. The van der Waals surface area contributed by atoms with Crippen LogP contribution in [0.25, 0.3) is 11.1 Å². The van der Waals surface area contributed by atoms with E-state index in [-0.39, 0.29) is 25.3 Å². The van der Waals surface area contributed by atoms with Gasteiger partial charge in [-0.25, -0.2) is 0 Å². The lowest BCUT2D eigenvalue weighted by molar-refractivity contribution is -0.153. The van der Waals surface area contributed by atoms with Crippen LogP contribution in [-0.4, -0.2) is 93.8 Å². The quantitative estimate of drug-likeness (QED) is 0.0719. The summed E-state index contributed by atoms with van der Waals surface area (Å²) in [6.45, 7) is 6.66. The summed E-state index contributed by atoms with van der Waals surface area (Å²) in [6, 6.07) is 19.6. The largest absolute Gasteiger partial charge is 0.493 e. The monoisotopic (exact) mass is 864 g/mol. The first-order valence-electron chi connectivity index (χ1n) is 20.2. The van der Waals surface area contributed by atoms with E-state index in [0.29, 0.717) is 57.4 Å². The first-order valence-corrected chi connectivity index (χ1v) is 20.9. The highest BCUT2D eigenvalue weighted by atomic mass is 35.5. The third-order valence-corrected chi connectivity index (χ3v) is 12.7. The number of hydrogen-bond donors (Lipinski definition) is 4. The Morgan fingerprint density at radius 3 is 1.38 bits per heavy atom. The molecule has 0 heterocycles. The van der Waals surface area contributed by atoms with Gasteiger partial charge in [0.2, 0.25) is 0 Å². The summed E-state index contributed by atoms with van der Waals surface area (Å²) >= 11 is 13.7. The van der Waals surface area contributed by atoms with Crippen molar-refractivity contribution in [1.29, 1.82) is 0 Å². The van der Waals surface area contributed by atoms with Crippen LogP contribution >= 0.6 is 23.2 Å². The lowest BCUT2D eigenvalue weighted by Gasteiger charge is -2.33. The Morgan fingerprint density at radius 1 is 0.667 bits per heavy atom. The van der Waals surface area contributed by atoms with Crippen LogP contribution in [0.5, 0.6) is 23.0 Å². The fraction of sp³-hybridized carbons (Fsp3) is 0.435. The van der Waals surface area contributed by atoms with E-state index in [1.54, 1.807) is 48.2 Å². The number of aliphatic hydroxyl groups excluding tert-OH is 2. The molecule has 2 unspecified atom stereocenters. The van der Waals surface area contributed by atoms with Crippen molar-refractivity contribution >= 4 is 35.1 Å². The van der Waals surface area contributed by atoms with Gasteiger partial charge in [-0.15, -0.1) is 0 Å². The second-order valence-corrected chi connectivity index (χ2v) is 16.7. The third-order valence-electron chi connectivity index (χ3n) is 12.1. The summed E-state index contributed by atoms with van der Waals surface area (Å²) in [5.41, 5.74) is 5.23. The van der Waals surface area contributed by atoms with Crippen LogP contribution in [0.3, 0.4) is 0 Å². The Bertz CT molecular complexity index is 2080. The minimum atomic E-state index is -1.49. The van der Waals surface area contributed by atoms with Gasteiger partial charge in [0, 0.05) is 36.3 Å². The van der Waals surface area contributed by atoms with E-state index >= 15 is 0 Å². The average Bonchev–Trinajstić information content (AvgIpc) is 3.84. The summed E-state index contributed by atoms with van der Waals surface area (Å²) in [4.78, 5) is 27.0. The molecule has 4 atom stereocenters. The molecule has 4 N–H and O–H groups in total. The molecule has 12 nitrogen and oxygen atoms in total. The molecule has 60 heavy (non-hydrogen) atoms. The van der Waals surface area contributed by atoms with E-state index in [1.165, 1.54) is 25.0 Å². The van der Waals surface area contributed by atoms with Gasteiger partial charge in [-0.1, -0.05) is 59.6 Å². The second kappa shape index (κ2) is 18.6. The third kappa shape index (κ3) is 8.77. The summed E-state index contributed by atoms with van der Waals surface area (Å²) in [5, 5.41) is 40.1. The molecule has 0 saturated heterocycles. The molecule has 4 aromatic rings. The SMILES string of the molecule is CCOc1cc(O[C@H]2CCc3c(-c4cccc5c4CC[C@@H]5Oc4cc(OCC)c(CN(C)C(C)(CO)C(=O)O)cc4Cl)cccc32)c(Cl)cc1CN(C)C(C)(CO)C(=O)O. The maximum absolute atomic E-state index is 12.0. The summed E-state index contributed by atoms with van der Waals surface area (Å²) in [7, 11) is 3.27. The smallest absolute Gasteiger partial charge is 0.326 e. The molecular weight excluding hydrogens is 811 g/mol. The number of carbonyl (C=O) groups is 2. The predicted molar refractivity (Wildman–Crippen MR) is 230 cm³/mol. The van der Waals surface area contributed by atoms with E-state index < -0.39 is 36.2 Å². The number of ether oxygens (including phenoxy) is 4. The molecular formula is C46H54Cl2N2O10. The zero-order valence-electron chi connectivity index (χ0n) is 34.9. The number of nitrogens with zero attached hydrogens (tertiary/aromatic N) is 2. The molecule has 0 aromatic heterocycles. The first-order chi connectivity index (χ1) is 28.6. The van der Waals surface area contributed by atoms with E-state index in [1.807, 2.05) is 13.8 Å². The topological polar surface area (TPSA) is 158 Å². The van der Waals surface area contributed by atoms with Crippen molar-refractivity contribution in [2.45, 2.75) is 89.8 Å². The Hall–Kier alpha value is -4.56. The normalized spacial score (nSPS) is 17.8. The zero-order valence-corrected chi connectivity index (χ0v) is 36.4. The Labute approximate surface area is 361 Å². The highest BCUT2D eigenvalue weighted by Gasteiger charge is 2.39. The van der Waals surface area contributed by atoms with Crippen molar-refractivity contribution in [1.82, 2.24) is 9.80 Å². The number of rotatable bonds is 19. The minimum Gasteiger partial charge on any atom is -0.493 e. The maximum Gasteiger partial charge on any atom is 0.326 e. The van der Waals surface area contributed by atoms with Gasteiger partial charge in [0.25, 0.3) is 0 Å². The van der Waals surface area contributed by atoms with Crippen molar-refractivity contribution in [3.8, 4) is 34.1 Å². The fourth-order valence-electron chi connectivity index (χ4n) is 8.01. The number of benzene rings is 4. The standard InChI is InChI=1S/C46H54Cl2N2O10/c1-7-57-39-21-41(35(47)19-27(39)23-49(5)45(3,25-51)43(53)54)59-37-17-15-31-29(11-9-13-33(31)37)30-12-10-14-34-32(30)16-18-38(34)60-42-22-40(58-8-2)28(20-36(42)48)24-50(6)46(4,26-52)44(55)56/h9-14,19-22,37-38,51-52H,7-8,15-18,23-26H2,1-6H3,(H,53,54)(H,55,56)/t37-,38-,45?,46?/m0/s1. The van der Waals surface area contributed by atoms with Crippen LogP contribution < -0.4 is 18.9 Å². The lowest BCUT2D eigenvalue weighted by atomic mass is 9.91. The molecule has 0 radical (unpaired) electrons. The highest BCUT2D eigenvalue weighted by Crippen LogP contribution is 2.47. The molecule has 0 aliphatic heterocycles. The number of carboxylic acids is 2. The molecule has 0 saturated carbocycles. The van der Waals surface area contributed by atoms with Crippen LogP contribution in [0.1, 0.15) is 86.1 Å². The van der Waals surface area contributed by atoms with Crippen molar-refractivity contribution in [3.05, 3.63) is 104 Å². The fourth-order valence-corrected chi connectivity index (χ4v) is 8.47. The number of aliphatic hydroxyl groups is 2. The van der Waals surface area contributed by atoms with Crippen molar-refractivity contribution < 1.29 is 49.0 Å². The van der Waals surface area contributed by atoms with Crippen molar-refractivity contribution in [2.75, 3.05) is 40.5 Å². The number of likely N-dealkylation sites (N-methyl/N-ethyl adjacent to an activating group) is 2. The highest BCUT2D eigenvalue weighted by molar-refractivity contribution is 6.32. The van der Waals surface area contributed by atoms with Gasteiger partial charge >= 0.3 is 11.9 Å². The number of halogens is 2. The first kappa shape index (κ1) is 45.0. The molecule has 4 aromatic carbocycles. The van der Waals surface area contributed by atoms with Crippen LogP contribution in [-0.2, 0) is 35.5 Å². The van der Waals surface area contributed by atoms with Crippen LogP contribution in [0.2, 0.25) is 10.0 Å². The molecule has 2 aliphatic rings. The number of hydrogen-bond acceptors (Lipinski definition) is 10. The van der Waals surface area contributed by atoms with E-state index in [9.17, 15) is 30.0 Å². The summed E-state index contributed by atoms with van der Waals surface area (Å²) in [5.74, 6) is -0.288. The molecule has 0 bridgehead atoms. The number of carboxylic acid groups (broad SMARTS) is 2. The zero-order chi connectivity index (χ0) is 43.5. The van der Waals surface area contributed by atoms with Gasteiger partial charge < -0.3 is 39.4 Å². The Balaban J connectivity index is 1.23. The van der Waals surface area contributed by atoms with Crippen molar-refractivity contribution in [2.24, 2.45) is 0 Å². The van der Waals surface area contributed by atoms with Gasteiger partial charge in [0.1, 0.15) is 46.3 Å². The molecule has 2 aliphatic carbocycles. The molecule has 14 heteroatoms. The molecule has 0 spiro atoms. The van der Waals surface area contributed by atoms with Crippen LogP contribution in [0.4, 0.5) is 0 Å². The van der Waals surface area contributed by atoms with E-state index in [2.05, 4.69) is 36.4 Å². The van der Waals surface area contributed by atoms with Crippen molar-refractivity contribution in [3.63, 3.8) is 0 Å². The molecule has 322 valence electrons. The minimum absolute atomic E-state index is 0.176. The van der Waals surface area contributed by atoms with Gasteiger partial charge in [-0.05, 0) is 113 Å². The maximum atomic E-state index is 12.0. The lowest BCUT2D eigenvalue weighted by Crippen LogP contribution is -2.52. The number of aliphatic carboxylic acids is 2. The molecule has 0 amide bonds. The van der Waals surface area contributed by atoms with E-state index in [0.717, 1.165) is 47.9 Å². The Morgan fingerprint density at radius 2 is 1.05 bits per heavy atom. The van der Waals surface area contributed by atoms with Crippen LogP contribution in [0.15, 0.2) is 60.7 Å². The van der Waals surface area contributed by atoms with Crippen LogP contribution in [0, 0.1) is 0 Å². The van der Waals surface area contributed by atoms with E-state index in [4.69, 9.17) is 42.1 Å². The summed E-state index contributed by atoms with van der Waals surface area (Å²) < 4.78 is 25.2. The molecule has 6 rings (SSSR count). The van der Waals surface area contributed by atoms with Gasteiger partial charge in [0.05, 0.1) is 36.5 Å². The average molecular weight is 866 g/mol. The second-order valence-electron chi connectivity index (χ2n) is 15.9.